The Balaban J connectivity index is 1.56. The number of rotatable bonds is 5. The first kappa shape index (κ1) is 21.0. The molecule has 2 aromatic heterocycles. The summed E-state index contributed by atoms with van der Waals surface area (Å²) in [6, 6.07) is 14.1. The smallest absolute Gasteiger partial charge is 0.265 e. The predicted molar refractivity (Wildman–Crippen MR) is 118 cm³/mol. The molecule has 0 aliphatic carbocycles. The van der Waals surface area contributed by atoms with Crippen molar-refractivity contribution in [3.8, 4) is 0 Å². The maximum absolute atomic E-state index is 12.8. The first-order chi connectivity index (χ1) is 14.7. The molecule has 0 saturated heterocycles. The Morgan fingerprint density at radius 2 is 1.87 bits per heavy atom. The number of aromatic nitrogens is 2. The number of nitrogens with zero attached hydrogens (tertiary/aromatic N) is 2. The molecule has 158 valence electrons. The van der Waals surface area contributed by atoms with Crippen molar-refractivity contribution in [3.05, 3.63) is 87.3 Å². The predicted octanol–water partition coefficient (Wildman–Crippen LogP) is 2.12. The SMILES string of the molecule is NS(=O)(=O)c1ccc(CCNC(=O)c2cccn3c(=O)c4cc(Cl)ccc4nc23)cc1. The summed E-state index contributed by atoms with van der Waals surface area (Å²) in [5.74, 6) is -0.375. The molecule has 1 amide bonds. The molecule has 31 heavy (non-hydrogen) atoms. The van der Waals surface area contributed by atoms with Crippen molar-refractivity contribution < 1.29 is 13.2 Å². The molecule has 0 radical (unpaired) electrons. The zero-order valence-electron chi connectivity index (χ0n) is 16.1. The van der Waals surface area contributed by atoms with Crippen LogP contribution in [0.4, 0.5) is 0 Å². The molecule has 0 saturated carbocycles. The fourth-order valence-corrected chi connectivity index (χ4v) is 3.93. The maximum Gasteiger partial charge on any atom is 0.265 e. The topological polar surface area (TPSA) is 124 Å². The van der Waals surface area contributed by atoms with Crippen LogP contribution in [0.15, 0.2) is 70.5 Å². The van der Waals surface area contributed by atoms with E-state index < -0.39 is 10.0 Å². The molecule has 10 heteroatoms. The number of nitrogens with two attached hydrogens (primary N) is 1. The number of nitrogens with one attached hydrogen (secondary N) is 1. The summed E-state index contributed by atoms with van der Waals surface area (Å²) in [7, 11) is -3.74. The van der Waals surface area contributed by atoms with Crippen LogP contribution in [-0.2, 0) is 16.4 Å². The Labute approximate surface area is 182 Å². The minimum Gasteiger partial charge on any atom is -0.352 e. The van der Waals surface area contributed by atoms with Gasteiger partial charge in [0.1, 0.15) is 0 Å². The van der Waals surface area contributed by atoms with Gasteiger partial charge in [0.15, 0.2) is 5.65 Å². The van der Waals surface area contributed by atoms with Gasteiger partial charge in [0.05, 0.1) is 21.4 Å². The van der Waals surface area contributed by atoms with Crippen LogP contribution in [-0.4, -0.2) is 30.3 Å². The van der Waals surface area contributed by atoms with Crippen LogP contribution in [0, 0.1) is 0 Å². The largest absolute Gasteiger partial charge is 0.352 e. The third kappa shape index (κ3) is 4.29. The number of halogens is 1. The van der Waals surface area contributed by atoms with Crippen LogP contribution in [0.5, 0.6) is 0 Å². The number of amides is 1. The van der Waals surface area contributed by atoms with Crippen molar-refractivity contribution >= 4 is 44.1 Å². The fraction of sp³-hybridized carbons (Fsp3) is 0.0952. The first-order valence-corrected chi connectivity index (χ1v) is 11.2. The quantitative estimate of drug-likeness (QED) is 0.445. The minimum atomic E-state index is -3.74. The molecule has 4 rings (SSSR count). The van der Waals surface area contributed by atoms with Crippen LogP contribution < -0.4 is 16.0 Å². The number of carbonyl (C=O) groups excluding carboxylic acids is 1. The zero-order chi connectivity index (χ0) is 22.2. The number of benzene rings is 2. The van der Waals surface area contributed by atoms with Crippen LogP contribution in [0.2, 0.25) is 5.02 Å². The Morgan fingerprint density at radius 1 is 1.13 bits per heavy atom. The molecule has 3 N–H and O–H groups in total. The van der Waals surface area contributed by atoms with E-state index in [1.165, 1.54) is 16.5 Å². The Morgan fingerprint density at radius 3 is 2.58 bits per heavy atom. The highest BCUT2D eigenvalue weighted by Gasteiger charge is 2.14. The van der Waals surface area contributed by atoms with Gasteiger partial charge >= 0.3 is 0 Å². The van der Waals surface area contributed by atoms with Gasteiger partial charge in [0, 0.05) is 17.8 Å². The van der Waals surface area contributed by atoms with Gasteiger partial charge in [-0.1, -0.05) is 23.7 Å². The number of sulfonamides is 1. The molecular formula is C21H17ClN4O4S. The van der Waals surface area contributed by atoms with Gasteiger partial charge in [-0.15, -0.1) is 0 Å². The molecule has 0 fully saturated rings. The Bertz CT molecular complexity index is 1480. The van der Waals surface area contributed by atoms with Gasteiger partial charge < -0.3 is 5.32 Å². The molecule has 0 bridgehead atoms. The molecule has 0 unspecified atom stereocenters. The van der Waals surface area contributed by atoms with E-state index in [-0.39, 0.29) is 27.6 Å². The summed E-state index contributed by atoms with van der Waals surface area (Å²) in [6.07, 6.45) is 2.03. The third-order valence-corrected chi connectivity index (χ3v) is 5.96. The van der Waals surface area contributed by atoms with E-state index in [4.69, 9.17) is 16.7 Å². The molecule has 8 nitrogen and oxygen atoms in total. The van der Waals surface area contributed by atoms with Crippen molar-refractivity contribution in [2.45, 2.75) is 11.3 Å². The summed E-state index contributed by atoms with van der Waals surface area (Å²) >= 11 is 5.99. The van der Waals surface area contributed by atoms with Crippen molar-refractivity contribution in [1.82, 2.24) is 14.7 Å². The monoisotopic (exact) mass is 456 g/mol. The standard InChI is InChI=1S/C21H17ClN4O4S/c22-14-5-8-18-17(12-14)21(28)26-11-1-2-16(19(26)25-18)20(27)24-10-9-13-3-6-15(7-4-13)31(23,29)30/h1-8,11-12H,9-10H2,(H,24,27)(H2,23,29,30). The average Bonchev–Trinajstić information content (AvgIpc) is 2.74. The summed E-state index contributed by atoms with van der Waals surface area (Å²) in [4.78, 5) is 30.0. The van der Waals surface area contributed by atoms with E-state index in [0.717, 1.165) is 5.56 Å². The van der Waals surface area contributed by atoms with E-state index in [1.807, 2.05) is 0 Å². The fourth-order valence-electron chi connectivity index (χ4n) is 3.24. The highest BCUT2D eigenvalue weighted by atomic mass is 35.5. The van der Waals surface area contributed by atoms with Crippen LogP contribution >= 0.6 is 11.6 Å². The summed E-state index contributed by atoms with van der Waals surface area (Å²) < 4.78 is 24.0. The molecular weight excluding hydrogens is 440 g/mol. The van der Waals surface area contributed by atoms with Gasteiger partial charge in [-0.05, 0) is 54.4 Å². The molecule has 2 aromatic carbocycles. The number of fused-ring (bicyclic) bond motifs is 2. The number of primary sulfonamides is 1. The lowest BCUT2D eigenvalue weighted by Gasteiger charge is -2.10. The summed E-state index contributed by atoms with van der Waals surface area (Å²) in [5, 5.41) is 8.68. The van der Waals surface area contributed by atoms with Crippen molar-refractivity contribution in [1.29, 1.82) is 0 Å². The van der Waals surface area contributed by atoms with Crippen molar-refractivity contribution in [2.75, 3.05) is 6.54 Å². The van der Waals surface area contributed by atoms with Crippen LogP contribution in [0.25, 0.3) is 16.6 Å². The van der Waals surface area contributed by atoms with E-state index in [9.17, 15) is 18.0 Å². The summed E-state index contributed by atoms with van der Waals surface area (Å²) in [5.41, 5.74) is 1.48. The normalized spacial score (nSPS) is 11.7. The second-order valence-electron chi connectivity index (χ2n) is 6.89. The molecule has 0 aliphatic heterocycles. The van der Waals surface area contributed by atoms with Crippen LogP contribution in [0.1, 0.15) is 15.9 Å². The van der Waals surface area contributed by atoms with Gasteiger partial charge in [0.2, 0.25) is 10.0 Å². The highest BCUT2D eigenvalue weighted by Crippen LogP contribution is 2.17. The lowest BCUT2D eigenvalue weighted by atomic mass is 10.1. The molecule has 0 spiro atoms. The van der Waals surface area contributed by atoms with E-state index in [2.05, 4.69) is 10.3 Å². The number of hydrogen-bond acceptors (Lipinski definition) is 5. The summed E-state index contributed by atoms with van der Waals surface area (Å²) in [6.45, 7) is 0.308. The number of carbonyl (C=O) groups is 1. The number of hydrogen-bond donors (Lipinski definition) is 2. The maximum atomic E-state index is 12.8. The third-order valence-electron chi connectivity index (χ3n) is 4.80. The average molecular weight is 457 g/mol. The Hall–Kier alpha value is -3.27. The van der Waals surface area contributed by atoms with Gasteiger partial charge in [0.25, 0.3) is 11.5 Å². The van der Waals surface area contributed by atoms with Gasteiger partial charge in [-0.25, -0.2) is 18.5 Å². The molecule has 0 atom stereocenters. The van der Waals surface area contributed by atoms with Gasteiger partial charge in [-0.2, -0.15) is 0 Å². The first-order valence-electron chi connectivity index (χ1n) is 9.24. The zero-order valence-corrected chi connectivity index (χ0v) is 17.7. The highest BCUT2D eigenvalue weighted by molar-refractivity contribution is 7.89. The van der Waals surface area contributed by atoms with E-state index >= 15 is 0 Å². The lowest BCUT2D eigenvalue weighted by Crippen LogP contribution is -2.27. The second kappa shape index (κ2) is 8.10. The lowest BCUT2D eigenvalue weighted by molar-refractivity contribution is 0.0955. The van der Waals surface area contributed by atoms with Gasteiger partial charge in [-0.3, -0.25) is 14.0 Å². The second-order valence-corrected chi connectivity index (χ2v) is 8.89. The minimum absolute atomic E-state index is 0.0288. The van der Waals surface area contributed by atoms with Crippen molar-refractivity contribution in [3.63, 3.8) is 0 Å². The van der Waals surface area contributed by atoms with E-state index in [1.54, 1.807) is 48.7 Å². The molecule has 2 heterocycles. The number of pyridine rings is 1. The van der Waals surface area contributed by atoms with Crippen LogP contribution in [0.3, 0.4) is 0 Å². The van der Waals surface area contributed by atoms with E-state index in [0.29, 0.717) is 28.9 Å². The molecule has 4 aromatic rings. The Kier molecular flexibility index (Phi) is 5.48. The molecule has 0 aliphatic rings. The van der Waals surface area contributed by atoms with Crippen molar-refractivity contribution in [2.24, 2.45) is 5.14 Å².